The lowest BCUT2D eigenvalue weighted by atomic mass is 9.93. The van der Waals surface area contributed by atoms with Gasteiger partial charge in [0.1, 0.15) is 11.6 Å². The predicted molar refractivity (Wildman–Crippen MR) is 106 cm³/mol. The van der Waals surface area contributed by atoms with Gasteiger partial charge in [0, 0.05) is 29.6 Å². The molecule has 0 aliphatic rings. The molecule has 3 rings (SSSR count). The fraction of sp³-hybridized carbons (Fsp3) is 0.273. The van der Waals surface area contributed by atoms with Crippen molar-refractivity contribution < 1.29 is 23.4 Å². The van der Waals surface area contributed by atoms with Gasteiger partial charge in [-0.25, -0.2) is 13.6 Å². The number of halogens is 2. The van der Waals surface area contributed by atoms with E-state index in [1.807, 2.05) is 0 Å². The SMILES string of the molecule is Cn1c(C(OC(C)(C)C)C(=O)O)c(-c2ccc(F)cc2F)c2ccccc2c1=O. The van der Waals surface area contributed by atoms with E-state index in [-0.39, 0.29) is 22.2 Å². The van der Waals surface area contributed by atoms with Crippen LogP contribution in [0.1, 0.15) is 32.6 Å². The summed E-state index contributed by atoms with van der Waals surface area (Å²) in [5.41, 5.74) is -1.15. The third-order valence-electron chi connectivity index (χ3n) is 4.49. The Morgan fingerprint density at radius 3 is 2.28 bits per heavy atom. The lowest BCUT2D eigenvalue weighted by Gasteiger charge is -2.28. The molecule has 1 atom stereocenters. The molecule has 0 bridgehead atoms. The minimum Gasteiger partial charge on any atom is -0.479 e. The standard InChI is InChI=1S/C22H21F2NO4/c1-22(2,3)29-19(21(27)28)18-17(15-10-9-12(23)11-16(15)24)13-7-5-6-8-14(13)20(26)25(18)4/h5-11,19H,1-4H3,(H,27,28). The summed E-state index contributed by atoms with van der Waals surface area (Å²) in [7, 11) is 1.41. The number of rotatable bonds is 4. The van der Waals surface area contributed by atoms with E-state index in [2.05, 4.69) is 0 Å². The molecule has 0 saturated carbocycles. The molecule has 0 aliphatic carbocycles. The summed E-state index contributed by atoms with van der Waals surface area (Å²) in [4.78, 5) is 25.0. The van der Waals surface area contributed by atoms with Crippen LogP contribution in [0.4, 0.5) is 8.78 Å². The molecule has 152 valence electrons. The van der Waals surface area contributed by atoms with Crippen molar-refractivity contribution in [3.05, 3.63) is 70.1 Å². The molecule has 0 spiro atoms. The number of hydrogen-bond acceptors (Lipinski definition) is 3. The number of ether oxygens (including phenoxy) is 1. The van der Waals surface area contributed by atoms with Crippen LogP contribution in [0.15, 0.2) is 47.3 Å². The van der Waals surface area contributed by atoms with E-state index in [9.17, 15) is 23.5 Å². The summed E-state index contributed by atoms with van der Waals surface area (Å²) in [5, 5.41) is 10.5. The van der Waals surface area contributed by atoms with Gasteiger partial charge in [-0.15, -0.1) is 0 Å². The maximum absolute atomic E-state index is 14.8. The Hall–Kier alpha value is -3.06. The molecule has 0 amide bonds. The van der Waals surface area contributed by atoms with Crippen molar-refractivity contribution in [2.75, 3.05) is 0 Å². The molecule has 0 aliphatic heterocycles. The first kappa shape index (κ1) is 20.7. The Morgan fingerprint density at radius 2 is 1.72 bits per heavy atom. The van der Waals surface area contributed by atoms with Crippen LogP contribution in [0, 0.1) is 11.6 Å². The van der Waals surface area contributed by atoms with Crippen molar-refractivity contribution in [2.24, 2.45) is 7.05 Å². The summed E-state index contributed by atoms with van der Waals surface area (Å²) >= 11 is 0. The van der Waals surface area contributed by atoms with Crippen LogP contribution in [0.3, 0.4) is 0 Å². The Balaban J connectivity index is 2.50. The third-order valence-corrected chi connectivity index (χ3v) is 4.49. The van der Waals surface area contributed by atoms with Gasteiger partial charge in [-0.3, -0.25) is 4.79 Å². The molecule has 0 saturated heterocycles. The topological polar surface area (TPSA) is 68.5 Å². The van der Waals surface area contributed by atoms with Crippen LogP contribution < -0.4 is 5.56 Å². The van der Waals surface area contributed by atoms with Crippen molar-refractivity contribution in [2.45, 2.75) is 32.5 Å². The number of benzene rings is 2. The second-order valence-electron chi connectivity index (χ2n) is 7.74. The number of aromatic nitrogens is 1. The molecule has 0 fully saturated rings. The molecule has 7 heteroatoms. The largest absolute Gasteiger partial charge is 0.479 e. The second kappa shape index (κ2) is 7.40. The van der Waals surface area contributed by atoms with Gasteiger partial charge in [-0.05, 0) is 44.4 Å². The van der Waals surface area contributed by atoms with Crippen LogP contribution >= 0.6 is 0 Å². The Labute approximate surface area is 166 Å². The van der Waals surface area contributed by atoms with E-state index in [0.29, 0.717) is 5.39 Å². The van der Waals surface area contributed by atoms with E-state index in [1.54, 1.807) is 45.0 Å². The smallest absolute Gasteiger partial charge is 0.339 e. The van der Waals surface area contributed by atoms with Gasteiger partial charge in [0.15, 0.2) is 6.10 Å². The van der Waals surface area contributed by atoms with Gasteiger partial charge in [-0.2, -0.15) is 0 Å². The molecule has 1 heterocycles. The van der Waals surface area contributed by atoms with E-state index < -0.39 is 34.9 Å². The summed E-state index contributed by atoms with van der Waals surface area (Å²) in [6, 6.07) is 9.55. The summed E-state index contributed by atoms with van der Waals surface area (Å²) in [6.45, 7) is 5.04. The third kappa shape index (κ3) is 3.91. The lowest BCUT2D eigenvalue weighted by Crippen LogP contribution is -2.33. The van der Waals surface area contributed by atoms with E-state index >= 15 is 0 Å². The number of carbonyl (C=O) groups is 1. The van der Waals surface area contributed by atoms with E-state index in [0.717, 1.165) is 16.7 Å². The molecule has 29 heavy (non-hydrogen) atoms. The predicted octanol–water partition coefficient (Wildman–Crippen LogP) is 4.42. The molecule has 1 aromatic heterocycles. The van der Waals surface area contributed by atoms with Gasteiger partial charge in [0.05, 0.1) is 11.3 Å². The van der Waals surface area contributed by atoms with Crippen molar-refractivity contribution in [3.8, 4) is 11.1 Å². The maximum Gasteiger partial charge on any atom is 0.339 e. The normalized spacial score (nSPS) is 12.9. The Kier molecular flexibility index (Phi) is 5.28. The number of carboxylic acids is 1. The molecule has 1 unspecified atom stereocenters. The molecule has 1 N–H and O–H groups in total. The molecule has 0 radical (unpaired) electrons. The molecule has 2 aromatic carbocycles. The van der Waals surface area contributed by atoms with Crippen molar-refractivity contribution in [3.63, 3.8) is 0 Å². The van der Waals surface area contributed by atoms with Crippen LogP contribution in [0.25, 0.3) is 21.9 Å². The first-order valence-corrected chi connectivity index (χ1v) is 8.99. The molecular weight excluding hydrogens is 380 g/mol. The minimum absolute atomic E-state index is 0.0124. The average Bonchev–Trinajstić information content (AvgIpc) is 2.62. The van der Waals surface area contributed by atoms with Crippen LogP contribution in [0.2, 0.25) is 0 Å². The molecular formula is C22H21F2NO4. The van der Waals surface area contributed by atoms with Gasteiger partial charge in [-0.1, -0.05) is 18.2 Å². The van der Waals surface area contributed by atoms with Crippen molar-refractivity contribution in [1.29, 1.82) is 0 Å². The number of nitrogens with zero attached hydrogens (tertiary/aromatic N) is 1. The van der Waals surface area contributed by atoms with Gasteiger partial charge >= 0.3 is 5.97 Å². The lowest BCUT2D eigenvalue weighted by molar-refractivity contribution is -0.161. The number of pyridine rings is 1. The average molecular weight is 401 g/mol. The maximum atomic E-state index is 14.8. The number of hydrogen-bond donors (Lipinski definition) is 1. The van der Waals surface area contributed by atoms with Crippen LogP contribution in [-0.4, -0.2) is 21.2 Å². The minimum atomic E-state index is -1.54. The fourth-order valence-corrected chi connectivity index (χ4v) is 3.34. The van der Waals surface area contributed by atoms with Crippen molar-refractivity contribution >= 4 is 16.7 Å². The van der Waals surface area contributed by atoms with Crippen molar-refractivity contribution in [1.82, 2.24) is 4.57 Å². The zero-order chi connectivity index (χ0) is 21.5. The quantitative estimate of drug-likeness (QED) is 0.703. The number of fused-ring (bicyclic) bond motifs is 1. The summed E-state index contributed by atoms with van der Waals surface area (Å²) in [6.07, 6.45) is -1.54. The highest BCUT2D eigenvalue weighted by atomic mass is 19.1. The molecule has 3 aromatic rings. The van der Waals surface area contributed by atoms with E-state index in [4.69, 9.17) is 4.74 Å². The fourth-order valence-electron chi connectivity index (χ4n) is 3.34. The van der Waals surface area contributed by atoms with Gasteiger partial charge < -0.3 is 14.4 Å². The van der Waals surface area contributed by atoms with Crippen LogP contribution in [0.5, 0.6) is 0 Å². The zero-order valence-electron chi connectivity index (χ0n) is 16.5. The summed E-state index contributed by atoms with van der Waals surface area (Å²) < 4.78 is 35.2. The molecule has 5 nitrogen and oxygen atoms in total. The first-order chi connectivity index (χ1) is 13.5. The summed E-state index contributed by atoms with van der Waals surface area (Å²) in [5.74, 6) is -2.95. The highest BCUT2D eigenvalue weighted by Crippen LogP contribution is 2.37. The Bertz CT molecular complexity index is 1160. The number of aliphatic carboxylic acids is 1. The van der Waals surface area contributed by atoms with E-state index in [1.165, 1.54) is 13.1 Å². The Morgan fingerprint density at radius 1 is 1.10 bits per heavy atom. The number of carboxylic acid groups (broad SMARTS) is 1. The van der Waals surface area contributed by atoms with Gasteiger partial charge in [0.2, 0.25) is 0 Å². The highest BCUT2D eigenvalue weighted by Gasteiger charge is 2.33. The second-order valence-corrected chi connectivity index (χ2v) is 7.74. The van der Waals surface area contributed by atoms with Gasteiger partial charge in [0.25, 0.3) is 5.56 Å². The highest BCUT2D eigenvalue weighted by molar-refractivity contribution is 5.99. The zero-order valence-corrected chi connectivity index (χ0v) is 16.5. The van der Waals surface area contributed by atoms with Crippen LogP contribution in [-0.2, 0) is 16.6 Å². The first-order valence-electron chi connectivity index (χ1n) is 8.99. The monoisotopic (exact) mass is 401 g/mol.